The van der Waals surface area contributed by atoms with Crippen molar-refractivity contribution in [3.05, 3.63) is 82.3 Å². The molecule has 3 aromatic carbocycles. The molecule has 0 aliphatic rings. The van der Waals surface area contributed by atoms with Gasteiger partial charge in [-0.05, 0) is 60.9 Å². The van der Waals surface area contributed by atoms with Gasteiger partial charge in [-0.25, -0.2) is 8.42 Å². The molecule has 0 unspecified atom stereocenters. The molecule has 232 valence electrons. The number of rotatable bonds is 14. The maximum atomic E-state index is 14.3. The lowest BCUT2D eigenvalue weighted by Crippen LogP contribution is -2.52. The van der Waals surface area contributed by atoms with Crippen LogP contribution in [0.3, 0.4) is 0 Å². The molecule has 0 aliphatic heterocycles. The van der Waals surface area contributed by atoms with Gasteiger partial charge in [0.2, 0.25) is 11.8 Å². The van der Waals surface area contributed by atoms with E-state index in [9.17, 15) is 18.0 Å². The van der Waals surface area contributed by atoms with Crippen molar-refractivity contribution < 1.29 is 27.5 Å². The number of halogens is 2. The van der Waals surface area contributed by atoms with Crippen LogP contribution in [-0.4, -0.2) is 58.5 Å². The van der Waals surface area contributed by atoms with E-state index in [1.807, 2.05) is 13.8 Å². The van der Waals surface area contributed by atoms with E-state index in [0.29, 0.717) is 27.9 Å². The third kappa shape index (κ3) is 8.34. The van der Waals surface area contributed by atoms with Crippen LogP contribution in [0, 0.1) is 5.92 Å². The first kappa shape index (κ1) is 34.0. The molecule has 43 heavy (non-hydrogen) atoms. The Kier molecular flexibility index (Phi) is 12.1. The minimum atomic E-state index is -4.31. The maximum Gasteiger partial charge on any atom is 0.264 e. The minimum Gasteiger partial charge on any atom is -0.497 e. The number of hydrogen-bond donors (Lipinski definition) is 1. The SMILES string of the molecule is CC[C@@H](C(=O)NCC(C)C)N(Cc1c(Cl)cccc1Cl)C(=O)CN(c1ccccc1OC)S(=O)(=O)c1ccc(OC)cc1. The average molecular weight is 651 g/mol. The number of amides is 2. The summed E-state index contributed by atoms with van der Waals surface area (Å²) in [5.74, 6) is -0.103. The summed E-state index contributed by atoms with van der Waals surface area (Å²) in [6.45, 7) is 5.35. The predicted octanol–water partition coefficient (Wildman–Crippen LogP) is 5.79. The zero-order valence-corrected chi connectivity index (χ0v) is 27.2. The first-order valence-electron chi connectivity index (χ1n) is 13.7. The van der Waals surface area contributed by atoms with E-state index in [1.54, 1.807) is 49.4 Å². The Bertz CT molecular complexity index is 1500. The zero-order chi connectivity index (χ0) is 31.7. The van der Waals surface area contributed by atoms with Crippen LogP contribution in [-0.2, 0) is 26.2 Å². The van der Waals surface area contributed by atoms with E-state index >= 15 is 0 Å². The third-order valence-electron chi connectivity index (χ3n) is 6.74. The van der Waals surface area contributed by atoms with Crippen LogP contribution in [0.25, 0.3) is 0 Å². The second-order valence-corrected chi connectivity index (χ2v) is 12.8. The van der Waals surface area contributed by atoms with E-state index in [1.165, 1.54) is 43.4 Å². The lowest BCUT2D eigenvalue weighted by molar-refractivity contribution is -0.140. The van der Waals surface area contributed by atoms with Gasteiger partial charge in [0, 0.05) is 28.7 Å². The number of para-hydroxylation sites is 2. The average Bonchev–Trinajstić information content (AvgIpc) is 2.99. The van der Waals surface area contributed by atoms with E-state index in [4.69, 9.17) is 32.7 Å². The Morgan fingerprint density at radius 1 is 0.907 bits per heavy atom. The molecular weight excluding hydrogens is 613 g/mol. The minimum absolute atomic E-state index is 0.0607. The van der Waals surface area contributed by atoms with Gasteiger partial charge in [0.05, 0.1) is 24.8 Å². The Balaban J connectivity index is 2.13. The van der Waals surface area contributed by atoms with E-state index in [-0.39, 0.29) is 41.1 Å². The maximum absolute atomic E-state index is 14.3. The van der Waals surface area contributed by atoms with Crippen LogP contribution in [0.5, 0.6) is 11.5 Å². The summed E-state index contributed by atoms with van der Waals surface area (Å²) < 4.78 is 39.9. The number of benzene rings is 3. The number of nitrogens with one attached hydrogen (secondary N) is 1. The van der Waals surface area contributed by atoms with Crippen LogP contribution in [0.2, 0.25) is 10.0 Å². The molecule has 0 heterocycles. The molecule has 9 nitrogen and oxygen atoms in total. The monoisotopic (exact) mass is 649 g/mol. The van der Waals surface area contributed by atoms with E-state index in [2.05, 4.69) is 5.32 Å². The highest BCUT2D eigenvalue weighted by Crippen LogP contribution is 2.33. The quantitative estimate of drug-likeness (QED) is 0.237. The number of ether oxygens (including phenoxy) is 2. The van der Waals surface area contributed by atoms with Crippen molar-refractivity contribution in [3.63, 3.8) is 0 Å². The number of nitrogens with zero attached hydrogens (tertiary/aromatic N) is 2. The molecule has 0 radical (unpaired) electrons. The van der Waals surface area contributed by atoms with Crippen molar-refractivity contribution in [2.45, 2.75) is 44.7 Å². The van der Waals surface area contributed by atoms with E-state index < -0.39 is 28.5 Å². The normalized spacial score (nSPS) is 12.0. The van der Waals surface area contributed by atoms with E-state index in [0.717, 1.165) is 4.31 Å². The van der Waals surface area contributed by atoms with Crippen LogP contribution >= 0.6 is 23.2 Å². The molecule has 3 rings (SSSR count). The highest BCUT2D eigenvalue weighted by molar-refractivity contribution is 7.92. The van der Waals surface area contributed by atoms with Crippen molar-refractivity contribution in [2.75, 3.05) is 31.6 Å². The molecule has 0 saturated heterocycles. The summed E-state index contributed by atoms with van der Waals surface area (Å²) in [7, 11) is -1.42. The molecule has 1 atom stereocenters. The molecule has 0 fully saturated rings. The fourth-order valence-corrected chi connectivity index (χ4v) is 6.36. The molecule has 0 saturated carbocycles. The van der Waals surface area contributed by atoms with Gasteiger partial charge in [-0.2, -0.15) is 0 Å². The largest absolute Gasteiger partial charge is 0.497 e. The zero-order valence-electron chi connectivity index (χ0n) is 24.8. The summed E-state index contributed by atoms with van der Waals surface area (Å²) in [4.78, 5) is 28.9. The lowest BCUT2D eigenvalue weighted by atomic mass is 10.1. The van der Waals surface area contributed by atoms with Gasteiger partial charge in [0.15, 0.2) is 0 Å². The first-order chi connectivity index (χ1) is 20.4. The Morgan fingerprint density at radius 3 is 2.09 bits per heavy atom. The number of hydrogen-bond acceptors (Lipinski definition) is 6. The van der Waals surface area contributed by atoms with Gasteiger partial charge in [-0.1, -0.05) is 62.2 Å². The molecule has 0 aromatic heterocycles. The molecule has 2 amide bonds. The smallest absolute Gasteiger partial charge is 0.264 e. The van der Waals surface area contributed by atoms with Crippen molar-refractivity contribution in [3.8, 4) is 11.5 Å². The first-order valence-corrected chi connectivity index (χ1v) is 15.9. The highest BCUT2D eigenvalue weighted by Gasteiger charge is 2.35. The van der Waals surface area contributed by atoms with Crippen LogP contribution in [0.4, 0.5) is 5.69 Å². The fourth-order valence-electron chi connectivity index (χ4n) is 4.42. The van der Waals surface area contributed by atoms with Crippen molar-refractivity contribution in [1.29, 1.82) is 0 Å². The van der Waals surface area contributed by atoms with Crippen LogP contribution < -0.4 is 19.1 Å². The molecule has 0 aliphatic carbocycles. The Morgan fingerprint density at radius 2 is 1.53 bits per heavy atom. The number of methoxy groups -OCH3 is 2. The van der Waals surface area contributed by atoms with Gasteiger partial charge in [-0.15, -0.1) is 0 Å². The van der Waals surface area contributed by atoms with Crippen LogP contribution in [0.15, 0.2) is 71.6 Å². The molecular formula is C31H37Cl2N3O6S. The summed E-state index contributed by atoms with van der Waals surface area (Å²) in [5.41, 5.74) is 0.596. The van der Waals surface area contributed by atoms with Crippen LogP contribution in [0.1, 0.15) is 32.8 Å². The fraction of sp³-hybridized carbons (Fsp3) is 0.355. The lowest BCUT2D eigenvalue weighted by Gasteiger charge is -2.34. The second kappa shape index (κ2) is 15.3. The topological polar surface area (TPSA) is 105 Å². The molecule has 0 bridgehead atoms. The summed E-state index contributed by atoms with van der Waals surface area (Å²) >= 11 is 12.9. The molecule has 12 heteroatoms. The van der Waals surface area contributed by atoms with Gasteiger partial charge in [-0.3, -0.25) is 13.9 Å². The predicted molar refractivity (Wildman–Crippen MR) is 169 cm³/mol. The standard InChI is InChI=1S/C31H37Cl2N3O6S/c1-6-27(31(38)34-18-21(2)3)35(19-24-25(32)10-9-11-26(24)33)30(37)20-36(28-12-7-8-13-29(28)42-5)43(39,40)23-16-14-22(41-4)15-17-23/h7-17,21,27H,6,18-20H2,1-5H3,(H,34,38)/t27-/m0/s1. The van der Waals surface area contributed by atoms with Gasteiger partial charge >= 0.3 is 0 Å². The van der Waals surface area contributed by atoms with Gasteiger partial charge in [0.25, 0.3) is 10.0 Å². The second-order valence-electron chi connectivity index (χ2n) is 10.1. The summed E-state index contributed by atoms with van der Waals surface area (Å²) in [6.07, 6.45) is 0.262. The number of carbonyl (C=O) groups is 2. The summed E-state index contributed by atoms with van der Waals surface area (Å²) in [5, 5.41) is 3.52. The Labute approximate surface area is 263 Å². The molecule has 1 N–H and O–H groups in total. The van der Waals surface area contributed by atoms with Crippen molar-refractivity contribution in [2.24, 2.45) is 5.92 Å². The highest BCUT2D eigenvalue weighted by atomic mass is 35.5. The number of carbonyl (C=O) groups excluding carboxylic acids is 2. The van der Waals surface area contributed by atoms with Crippen molar-refractivity contribution in [1.82, 2.24) is 10.2 Å². The number of anilines is 1. The molecule has 3 aromatic rings. The molecule has 0 spiro atoms. The summed E-state index contributed by atoms with van der Waals surface area (Å²) in [6, 6.07) is 16.4. The number of sulfonamides is 1. The van der Waals surface area contributed by atoms with Gasteiger partial charge < -0.3 is 19.7 Å². The Hall–Kier alpha value is -3.47. The van der Waals surface area contributed by atoms with Crippen molar-refractivity contribution >= 4 is 50.7 Å². The van der Waals surface area contributed by atoms with Gasteiger partial charge in [0.1, 0.15) is 24.1 Å². The third-order valence-corrected chi connectivity index (χ3v) is 9.22.